The SMILES string of the molecule is COc1ccc(OC2=COC3C(CCC(O)C3CN3CCOCC3)C2=O)cc1. The Bertz CT molecular complexity index is 712. The second-order valence-electron chi connectivity index (χ2n) is 7.55. The van der Waals surface area contributed by atoms with Crippen LogP contribution in [0, 0.1) is 11.8 Å². The van der Waals surface area contributed by atoms with Crippen LogP contribution >= 0.6 is 0 Å². The lowest BCUT2D eigenvalue weighted by Crippen LogP contribution is -2.53. The van der Waals surface area contributed by atoms with E-state index in [4.69, 9.17) is 18.9 Å². The molecule has 0 aromatic heterocycles. The summed E-state index contributed by atoms with van der Waals surface area (Å²) in [6, 6.07) is 7.07. The Labute approximate surface area is 164 Å². The summed E-state index contributed by atoms with van der Waals surface area (Å²) in [7, 11) is 1.60. The van der Waals surface area contributed by atoms with Gasteiger partial charge in [-0.25, -0.2) is 0 Å². The monoisotopic (exact) mass is 389 g/mol. The van der Waals surface area contributed by atoms with Crippen molar-refractivity contribution < 1.29 is 28.8 Å². The van der Waals surface area contributed by atoms with Gasteiger partial charge in [0, 0.05) is 25.6 Å². The van der Waals surface area contributed by atoms with E-state index in [0.717, 1.165) is 18.8 Å². The molecule has 1 saturated carbocycles. The van der Waals surface area contributed by atoms with Crippen molar-refractivity contribution in [1.29, 1.82) is 0 Å². The lowest BCUT2D eigenvalue weighted by molar-refractivity contribution is -0.140. The first kappa shape index (κ1) is 19.2. The van der Waals surface area contributed by atoms with E-state index >= 15 is 0 Å². The number of nitrogens with zero attached hydrogens (tertiary/aromatic N) is 1. The minimum absolute atomic E-state index is 0.0501. The van der Waals surface area contributed by atoms with E-state index in [9.17, 15) is 9.90 Å². The van der Waals surface area contributed by atoms with E-state index in [1.54, 1.807) is 31.4 Å². The third-order valence-electron chi connectivity index (χ3n) is 5.86. The molecule has 0 amide bonds. The van der Waals surface area contributed by atoms with Crippen LogP contribution in [0.5, 0.6) is 11.5 Å². The summed E-state index contributed by atoms with van der Waals surface area (Å²) < 4.78 is 22.3. The van der Waals surface area contributed by atoms with Crippen molar-refractivity contribution in [2.24, 2.45) is 11.8 Å². The zero-order chi connectivity index (χ0) is 19.5. The van der Waals surface area contributed by atoms with E-state index in [0.29, 0.717) is 38.3 Å². The van der Waals surface area contributed by atoms with Crippen LogP contribution in [0.1, 0.15) is 12.8 Å². The van der Waals surface area contributed by atoms with Crippen LogP contribution in [0.25, 0.3) is 0 Å². The number of methoxy groups -OCH3 is 1. The number of hydrogen-bond donors (Lipinski definition) is 1. The second kappa shape index (κ2) is 8.51. The molecule has 4 atom stereocenters. The Hall–Kier alpha value is -2.09. The van der Waals surface area contributed by atoms with Crippen LogP contribution in [-0.4, -0.2) is 68.0 Å². The summed E-state index contributed by atoms with van der Waals surface area (Å²) in [5.41, 5.74) is 0. The summed E-state index contributed by atoms with van der Waals surface area (Å²) in [4.78, 5) is 15.3. The van der Waals surface area contributed by atoms with Crippen molar-refractivity contribution in [1.82, 2.24) is 4.90 Å². The van der Waals surface area contributed by atoms with Crippen molar-refractivity contribution in [3.05, 3.63) is 36.3 Å². The number of allylic oxidation sites excluding steroid dienone is 1. The molecule has 1 aromatic rings. The van der Waals surface area contributed by atoms with Gasteiger partial charge in [0.2, 0.25) is 11.5 Å². The van der Waals surface area contributed by atoms with E-state index < -0.39 is 6.10 Å². The molecular weight excluding hydrogens is 362 g/mol. The molecule has 4 rings (SSSR count). The van der Waals surface area contributed by atoms with Crippen molar-refractivity contribution in [3.8, 4) is 11.5 Å². The van der Waals surface area contributed by atoms with Crippen molar-refractivity contribution in [2.75, 3.05) is 40.0 Å². The van der Waals surface area contributed by atoms with Crippen LogP contribution < -0.4 is 9.47 Å². The van der Waals surface area contributed by atoms with Crippen LogP contribution in [0.4, 0.5) is 0 Å². The van der Waals surface area contributed by atoms with Gasteiger partial charge < -0.3 is 24.1 Å². The number of fused-ring (bicyclic) bond motifs is 1. The van der Waals surface area contributed by atoms with Crippen molar-refractivity contribution in [2.45, 2.75) is 25.0 Å². The number of hydrogen-bond acceptors (Lipinski definition) is 7. The normalized spacial score (nSPS) is 30.8. The summed E-state index contributed by atoms with van der Waals surface area (Å²) in [5, 5.41) is 10.6. The van der Waals surface area contributed by atoms with E-state index in [1.807, 2.05) is 0 Å². The van der Waals surface area contributed by atoms with Crippen LogP contribution in [0.15, 0.2) is 36.3 Å². The highest BCUT2D eigenvalue weighted by atomic mass is 16.5. The fraction of sp³-hybridized carbons (Fsp3) is 0.571. The average Bonchev–Trinajstić information content (AvgIpc) is 2.73. The number of aliphatic hydroxyl groups excluding tert-OH is 1. The highest BCUT2D eigenvalue weighted by molar-refractivity contribution is 5.96. The number of Topliss-reactive ketones (excluding diaryl/α,β-unsaturated/α-hetero) is 1. The van der Waals surface area contributed by atoms with Crippen LogP contribution in [0.2, 0.25) is 0 Å². The lowest BCUT2D eigenvalue weighted by Gasteiger charge is -2.43. The van der Waals surface area contributed by atoms with Gasteiger partial charge in [-0.05, 0) is 37.1 Å². The molecule has 1 aliphatic carbocycles. The molecular formula is C21H27NO6. The van der Waals surface area contributed by atoms with E-state index in [1.165, 1.54) is 6.26 Å². The molecule has 0 spiro atoms. The van der Waals surface area contributed by atoms with Gasteiger partial charge in [-0.3, -0.25) is 9.69 Å². The zero-order valence-corrected chi connectivity index (χ0v) is 16.1. The molecule has 152 valence electrons. The molecule has 1 N–H and O–H groups in total. The first-order chi connectivity index (χ1) is 13.7. The van der Waals surface area contributed by atoms with Gasteiger partial charge in [0.25, 0.3) is 0 Å². The largest absolute Gasteiger partial charge is 0.497 e. The van der Waals surface area contributed by atoms with Gasteiger partial charge in [0.15, 0.2) is 0 Å². The third kappa shape index (κ3) is 4.01. The summed E-state index contributed by atoms with van der Waals surface area (Å²) >= 11 is 0. The Balaban J connectivity index is 1.46. The maximum absolute atomic E-state index is 13.0. The number of carbonyl (C=O) groups is 1. The van der Waals surface area contributed by atoms with Crippen LogP contribution in [-0.2, 0) is 14.3 Å². The number of rotatable bonds is 5. The third-order valence-corrected chi connectivity index (χ3v) is 5.86. The Kier molecular flexibility index (Phi) is 5.85. The van der Waals surface area contributed by atoms with Gasteiger partial charge in [-0.2, -0.15) is 0 Å². The molecule has 28 heavy (non-hydrogen) atoms. The highest BCUT2D eigenvalue weighted by Gasteiger charge is 2.47. The van der Waals surface area contributed by atoms with Crippen molar-refractivity contribution in [3.63, 3.8) is 0 Å². The molecule has 3 aliphatic rings. The molecule has 2 heterocycles. The zero-order valence-electron chi connectivity index (χ0n) is 16.1. The Morgan fingerprint density at radius 1 is 1.14 bits per heavy atom. The van der Waals surface area contributed by atoms with Crippen LogP contribution in [0.3, 0.4) is 0 Å². The molecule has 2 fully saturated rings. The fourth-order valence-electron chi connectivity index (χ4n) is 4.26. The first-order valence-corrected chi connectivity index (χ1v) is 9.85. The highest BCUT2D eigenvalue weighted by Crippen LogP contribution is 2.38. The fourth-order valence-corrected chi connectivity index (χ4v) is 4.26. The number of ether oxygens (including phenoxy) is 4. The minimum Gasteiger partial charge on any atom is -0.497 e. The molecule has 4 unspecified atom stereocenters. The molecule has 1 aromatic carbocycles. The minimum atomic E-state index is -0.464. The maximum atomic E-state index is 13.0. The predicted molar refractivity (Wildman–Crippen MR) is 101 cm³/mol. The molecule has 0 radical (unpaired) electrons. The molecule has 7 nitrogen and oxygen atoms in total. The van der Waals surface area contributed by atoms with Crippen molar-refractivity contribution >= 4 is 5.78 Å². The quantitative estimate of drug-likeness (QED) is 0.820. The van der Waals surface area contributed by atoms with E-state index in [-0.39, 0.29) is 29.5 Å². The maximum Gasteiger partial charge on any atom is 0.208 e. The number of benzene rings is 1. The van der Waals surface area contributed by atoms with Gasteiger partial charge in [0.1, 0.15) is 23.9 Å². The molecule has 2 aliphatic heterocycles. The smallest absolute Gasteiger partial charge is 0.208 e. The second-order valence-corrected chi connectivity index (χ2v) is 7.55. The Morgan fingerprint density at radius 2 is 1.86 bits per heavy atom. The number of aliphatic hydroxyl groups is 1. The van der Waals surface area contributed by atoms with Gasteiger partial charge >= 0.3 is 0 Å². The predicted octanol–water partition coefficient (Wildman–Crippen LogP) is 1.60. The molecule has 7 heteroatoms. The number of ketones is 1. The summed E-state index contributed by atoms with van der Waals surface area (Å²) in [6.07, 6.45) is 1.84. The summed E-state index contributed by atoms with van der Waals surface area (Å²) in [5.74, 6) is 1.06. The lowest BCUT2D eigenvalue weighted by atomic mass is 9.73. The average molecular weight is 389 g/mol. The summed E-state index contributed by atoms with van der Waals surface area (Å²) in [6.45, 7) is 3.81. The topological polar surface area (TPSA) is 77.5 Å². The Morgan fingerprint density at radius 3 is 2.57 bits per heavy atom. The molecule has 0 bridgehead atoms. The standard InChI is InChI=1S/C21H27NO6/c1-25-14-2-4-15(5-3-14)28-19-13-27-21-16(20(19)24)6-7-18(23)17(21)12-22-8-10-26-11-9-22/h2-5,13,16-18,21,23H,6-12H2,1H3. The first-order valence-electron chi connectivity index (χ1n) is 9.85. The van der Waals surface area contributed by atoms with E-state index in [2.05, 4.69) is 4.90 Å². The van der Waals surface area contributed by atoms with Gasteiger partial charge in [0.05, 0.1) is 32.3 Å². The molecule has 1 saturated heterocycles. The number of morpholine rings is 1. The number of carbonyl (C=O) groups excluding carboxylic acids is 1. The van der Waals surface area contributed by atoms with Gasteiger partial charge in [-0.1, -0.05) is 0 Å². The van der Waals surface area contributed by atoms with Gasteiger partial charge in [-0.15, -0.1) is 0 Å².